The average molecular weight is 580 g/mol. The fourth-order valence-electron chi connectivity index (χ4n) is 6.35. The maximum absolute atomic E-state index is 5.25. The van der Waals surface area contributed by atoms with Crippen LogP contribution in [0.2, 0.25) is 0 Å². The van der Waals surface area contributed by atoms with Crippen molar-refractivity contribution >= 4 is 53.3 Å². The first kappa shape index (κ1) is 25.0. The van der Waals surface area contributed by atoms with Crippen molar-refractivity contribution in [1.29, 1.82) is 0 Å². The zero-order chi connectivity index (χ0) is 29.0. The van der Waals surface area contributed by atoms with Crippen molar-refractivity contribution in [2.75, 3.05) is 0 Å². The lowest BCUT2D eigenvalue weighted by Gasteiger charge is -2.12. The maximum atomic E-state index is 5.25. The molecule has 206 valence electrons. The zero-order valence-corrected chi connectivity index (χ0v) is 24.5. The number of hydrogen-bond donors (Lipinski definition) is 0. The van der Waals surface area contributed by atoms with Crippen LogP contribution in [0.3, 0.4) is 0 Å². The van der Waals surface area contributed by atoms with Gasteiger partial charge in [-0.15, -0.1) is 11.3 Å². The van der Waals surface area contributed by atoms with E-state index in [1.807, 2.05) is 23.5 Å². The molecule has 0 bridgehead atoms. The molecule has 4 heteroatoms. The maximum Gasteiger partial charge on any atom is 0.235 e. The van der Waals surface area contributed by atoms with Gasteiger partial charge in [-0.1, -0.05) is 127 Å². The SMILES string of the molecule is c1ccc(-c2ccc(-c3cc(-c4ccccc4)nc(-n4c5ccccc5c5c6sc7ccccc7c6ccc54)n3)cc2)cc1. The monoisotopic (exact) mass is 579 g/mol. The first-order chi connectivity index (χ1) is 21.8. The molecule has 3 aromatic heterocycles. The van der Waals surface area contributed by atoms with Crippen molar-refractivity contribution in [2.24, 2.45) is 0 Å². The van der Waals surface area contributed by atoms with E-state index in [1.54, 1.807) is 0 Å². The van der Waals surface area contributed by atoms with E-state index in [9.17, 15) is 0 Å². The summed E-state index contributed by atoms with van der Waals surface area (Å²) in [5.74, 6) is 0.667. The first-order valence-corrected chi connectivity index (χ1v) is 15.6. The number of benzene rings is 6. The van der Waals surface area contributed by atoms with Crippen LogP contribution in [-0.4, -0.2) is 14.5 Å². The van der Waals surface area contributed by atoms with Crippen molar-refractivity contribution in [3.8, 4) is 39.6 Å². The van der Waals surface area contributed by atoms with Crippen LogP contribution in [0.25, 0.3) is 81.6 Å². The number of rotatable bonds is 4. The minimum Gasteiger partial charge on any atom is -0.278 e. The largest absolute Gasteiger partial charge is 0.278 e. The highest BCUT2D eigenvalue weighted by atomic mass is 32.1. The molecule has 0 aliphatic carbocycles. The highest BCUT2D eigenvalue weighted by molar-refractivity contribution is 7.26. The molecule has 0 spiro atoms. The van der Waals surface area contributed by atoms with Gasteiger partial charge in [0.1, 0.15) is 0 Å². The van der Waals surface area contributed by atoms with Crippen LogP contribution >= 0.6 is 11.3 Å². The third-order valence-corrected chi connectivity index (χ3v) is 9.66. The summed E-state index contributed by atoms with van der Waals surface area (Å²) < 4.78 is 4.84. The van der Waals surface area contributed by atoms with Crippen LogP contribution in [0, 0.1) is 0 Å². The van der Waals surface area contributed by atoms with Crippen LogP contribution in [0.15, 0.2) is 152 Å². The highest BCUT2D eigenvalue weighted by Gasteiger charge is 2.20. The van der Waals surface area contributed by atoms with Crippen molar-refractivity contribution in [3.63, 3.8) is 0 Å². The summed E-state index contributed by atoms with van der Waals surface area (Å²) in [4.78, 5) is 10.5. The average Bonchev–Trinajstić information content (AvgIpc) is 3.65. The Kier molecular flexibility index (Phi) is 5.68. The highest BCUT2D eigenvalue weighted by Crippen LogP contribution is 2.43. The molecule has 9 rings (SSSR count). The summed E-state index contributed by atoms with van der Waals surface area (Å²) in [5, 5.41) is 5.05. The summed E-state index contributed by atoms with van der Waals surface area (Å²) in [6.45, 7) is 0. The third kappa shape index (κ3) is 3.96. The predicted octanol–water partition coefficient (Wildman–Crippen LogP) is 10.9. The number of para-hydroxylation sites is 1. The van der Waals surface area contributed by atoms with Gasteiger partial charge in [-0.05, 0) is 35.4 Å². The molecule has 0 N–H and O–H groups in total. The molecule has 44 heavy (non-hydrogen) atoms. The van der Waals surface area contributed by atoms with Crippen LogP contribution < -0.4 is 0 Å². The third-order valence-electron chi connectivity index (χ3n) is 8.45. The normalized spacial score (nSPS) is 11.6. The lowest BCUT2D eigenvalue weighted by molar-refractivity contribution is 0.996. The van der Waals surface area contributed by atoms with E-state index in [-0.39, 0.29) is 0 Å². The van der Waals surface area contributed by atoms with Crippen molar-refractivity contribution < 1.29 is 0 Å². The van der Waals surface area contributed by atoms with E-state index in [4.69, 9.17) is 9.97 Å². The molecule has 3 nitrogen and oxygen atoms in total. The molecule has 0 fully saturated rings. The lowest BCUT2D eigenvalue weighted by atomic mass is 10.0. The van der Waals surface area contributed by atoms with Gasteiger partial charge in [0.05, 0.1) is 22.4 Å². The quantitative estimate of drug-likeness (QED) is 0.208. The molecule has 0 saturated heterocycles. The Morgan fingerprint density at radius 2 is 1.00 bits per heavy atom. The van der Waals surface area contributed by atoms with Gasteiger partial charge in [0.15, 0.2) is 0 Å². The summed E-state index contributed by atoms with van der Waals surface area (Å²) in [6, 6.07) is 53.5. The minimum absolute atomic E-state index is 0.667. The van der Waals surface area contributed by atoms with Crippen LogP contribution in [0.5, 0.6) is 0 Å². The standard InChI is InChI=1S/C40H25N3S/c1-3-11-26(12-4-1)27-19-21-29(22-20-27)34-25-33(28-13-5-2-6-14-28)41-40(42-34)43-35-17-9-7-16-32(35)38-36(43)24-23-31-30-15-8-10-18-37(30)44-39(31)38/h1-25H. The molecule has 6 aromatic carbocycles. The summed E-state index contributed by atoms with van der Waals surface area (Å²) in [7, 11) is 0. The van der Waals surface area contributed by atoms with E-state index in [1.165, 1.54) is 42.1 Å². The van der Waals surface area contributed by atoms with E-state index in [0.717, 1.165) is 33.5 Å². The molecule has 0 aliphatic heterocycles. The van der Waals surface area contributed by atoms with Gasteiger partial charge in [0, 0.05) is 42.1 Å². The Morgan fingerprint density at radius 3 is 1.75 bits per heavy atom. The second-order valence-electron chi connectivity index (χ2n) is 11.0. The molecule has 0 aliphatic rings. The Hall–Kier alpha value is -5.58. The zero-order valence-electron chi connectivity index (χ0n) is 23.7. The fraction of sp³-hybridized carbons (Fsp3) is 0. The Morgan fingerprint density at radius 1 is 0.432 bits per heavy atom. The topological polar surface area (TPSA) is 30.7 Å². The number of fused-ring (bicyclic) bond motifs is 7. The lowest BCUT2D eigenvalue weighted by Crippen LogP contribution is -2.04. The van der Waals surface area contributed by atoms with E-state index in [2.05, 4.69) is 144 Å². The van der Waals surface area contributed by atoms with E-state index < -0.39 is 0 Å². The van der Waals surface area contributed by atoms with Gasteiger partial charge in [-0.25, -0.2) is 9.97 Å². The Labute approximate surface area is 258 Å². The summed E-state index contributed by atoms with van der Waals surface area (Å²) in [6.07, 6.45) is 0. The molecule has 0 amide bonds. The van der Waals surface area contributed by atoms with Gasteiger partial charge < -0.3 is 0 Å². The Bertz CT molecular complexity index is 2470. The van der Waals surface area contributed by atoms with Gasteiger partial charge in [0.2, 0.25) is 5.95 Å². The van der Waals surface area contributed by atoms with Gasteiger partial charge in [-0.3, -0.25) is 4.57 Å². The molecule has 0 saturated carbocycles. The predicted molar refractivity (Wildman–Crippen MR) is 186 cm³/mol. The number of thiophene rings is 1. The molecule has 0 radical (unpaired) electrons. The molecule has 0 unspecified atom stereocenters. The molecule has 0 atom stereocenters. The van der Waals surface area contributed by atoms with Crippen molar-refractivity contribution in [1.82, 2.24) is 14.5 Å². The smallest absolute Gasteiger partial charge is 0.235 e. The molecular formula is C40H25N3S. The summed E-state index contributed by atoms with van der Waals surface area (Å²) in [5.41, 5.74) is 8.49. The van der Waals surface area contributed by atoms with Crippen molar-refractivity contribution in [3.05, 3.63) is 152 Å². The first-order valence-electron chi connectivity index (χ1n) is 14.8. The van der Waals surface area contributed by atoms with Gasteiger partial charge in [0.25, 0.3) is 0 Å². The van der Waals surface area contributed by atoms with Gasteiger partial charge in [-0.2, -0.15) is 0 Å². The van der Waals surface area contributed by atoms with Crippen LogP contribution in [0.4, 0.5) is 0 Å². The van der Waals surface area contributed by atoms with E-state index in [0.29, 0.717) is 5.95 Å². The Balaban J connectivity index is 1.30. The molecular weight excluding hydrogens is 555 g/mol. The summed E-state index contributed by atoms with van der Waals surface area (Å²) >= 11 is 1.86. The van der Waals surface area contributed by atoms with Crippen LogP contribution in [-0.2, 0) is 0 Å². The van der Waals surface area contributed by atoms with Gasteiger partial charge >= 0.3 is 0 Å². The fourth-order valence-corrected chi connectivity index (χ4v) is 7.61. The number of hydrogen-bond acceptors (Lipinski definition) is 3. The van der Waals surface area contributed by atoms with Crippen LogP contribution in [0.1, 0.15) is 0 Å². The number of aromatic nitrogens is 3. The molecule has 9 aromatic rings. The van der Waals surface area contributed by atoms with E-state index >= 15 is 0 Å². The number of nitrogens with zero attached hydrogens (tertiary/aromatic N) is 3. The molecule has 3 heterocycles. The second-order valence-corrected chi connectivity index (χ2v) is 12.1. The second kappa shape index (κ2) is 10.0. The van der Waals surface area contributed by atoms with Crippen molar-refractivity contribution in [2.45, 2.75) is 0 Å². The minimum atomic E-state index is 0.667.